The largest absolute Gasteiger partial charge is 0.356 e. The quantitative estimate of drug-likeness (QED) is 0.595. The molecule has 0 bridgehead atoms. The maximum absolute atomic E-state index is 11.6. The van der Waals surface area contributed by atoms with Crippen molar-refractivity contribution in [3.05, 3.63) is 0 Å². The van der Waals surface area contributed by atoms with Gasteiger partial charge in [-0.1, -0.05) is 27.7 Å². The van der Waals surface area contributed by atoms with Gasteiger partial charge in [0.1, 0.15) is 0 Å². The Hall–Kier alpha value is -0.810. The molecule has 0 aliphatic rings. The molecule has 2 amide bonds. The third kappa shape index (κ3) is 11.1. The van der Waals surface area contributed by atoms with Gasteiger partial charge in [0.2, 0.25) is 11.8 Å². The smallest absolute Gasteiger partial charge is 0.225 e. The molecule has 3 N–H and O–H groups in total. The Kier molecular flexibility index (Phi) is 11.7. The molecule has 1 atom stereocenters. The Labute approximate surface area is 129 Å². The zero-order chi connectivity index (χ0) is 14.9. The molecule has 5 nitrogen and oxygen atoms in total. The molecule has 0 aliphatic heterocycles. The number of halogens is 1. The number of likely N-dealkylation sites (N-methyl/N-ethyl adjacent to an activating group) is 1. The Balaban J connectivity index is 0. The second-order valence-electron chi connectivity index (χ2n) is 5.87. The van der Waals surface area contributed by atoms with Crippen molar-refractivity contribution in [3.8, 4) is 0 Å². The molecule has 0 radical (unpaired) electrons. The van der Waals surface area contributed by atoms with Crippen LogP contribution in [0.3, 0.4) is 0 Å². The highest BCUT2D eigenvalue weighted by Crippen LogP contribution is 2.12. The van der Waals surface area contributed by atoms with E-state index < -0.39 is 0 Å². The lowest BCUT2D eigenvalue weighted by Crippen LogP contribution is -2.39. The van der Waals surface area contributed by atoms with E-state index in [-0.39, 0.29) is 35.7 Å². The van der Waals surface area contributed by atoms with Crippen molar-refractivity contribution in [3.63, 3.8) is 0 Å². The van der Waals surface area contributed by atoms with Crippen molar-refractivity contribution >= 4 is 24.2 Å². The molecule has 120 valence electrons. The number of hydrogen-bond acceptors (Lipinski definition) is 3. The number of amides is 2. The van der Waals surface area contributed by atoms with Gasteiger partial charge in [-0.25, -0.2) is 0 Å². The molecule has 0 aromatic carbocycles. The summed E-state index contributed by atoms with van der Waals surface area (Å²) in [4.78, 5) is 23.1. The second-order valence-corrected chi connectivity index (χ2v) is 5.87. The number of hydrogen-bond donors (Lipinski definition) is 3. The van der Waals surface area contributed by atoms with Crippen LogP contribution in [0.2, 0.25) is 0 Å². The summed E-state index contributed by atoms with van der Waals surface area (Å²) in [5, 5.41) is 8.93. The molecule has 0 heterocycles. The predicted molar refractivity (Wildman–Crippen MR) is 85.1 cm³/mol. The van der Waals surface area contributed by atoms with Crippen molar-refractivity contribution in [2.45, 2.75) is 53.5 Å². The number of rotatable bonds is 8. The predicted octanol–water partition coefficient (Wildman–Crippen LogP) is 1.46. The molecule has 0 rings (SSSR count). The van der Waals surface area contributed by atoms with E-state index in [1.165, 1.54) is 0 Å². The van der Waals surface area contributed by atoms with Crippen LogP contribution in [0.1, 0.15) is 47.5 Å². The third-order valence-electron chi connectivity index (χ3n) is 2.71. The summed E-state index contributed by atoms with van der Waals surface area (Å²) < 4.78 is 0. The lowest BCUT2D eigenvalue weighted by Gasteiger charge is -2.17. The maximum atomic E-state index is 11.6. The Morgan fingerprint density at radius 2 is 1.75 bits per heavy atom. The number of nitrogens with one attached hydrogen (secondary N) is 3. The molecule has 0 saturated heterocycles. The average molecular weight is 308 g/mol. The van der Waals surface area contributed by atoms with Crippen molar-refractivity contribution in [1.29, 1.82) is 0 Å². The average Bonchev–Trinajstić information content (AvgIpc) is 2.31. The van der Waals surface area contributed by atoms with E-state index >= 15 is 0 Å². The fourth-order valence-corrected chi connectivity index (χ4v) is 1.49. The first-order valence-corrected chi connectivity index (χ1v) is 7.05. The van der Waals surface area contributed by atoms with E-state index in [2.05, 4.69) is 16.0 Å². The first-order valence-electron chi connectivity index (χ1n) is 7.05. The summed E-state index contributed by atoms with van der Waals surface area (Å²) in [5.74, 6) is 0.0587. The highest BCUT2D eigenvalue weighted by Gasteiger charge is 2.20. The van der Waals surface area contributed by atoms with Crippen LogP contribution in [0, 0.1) is 5.41 Å². The van der Waals surface area contributed by atoms with Crippen LogP contribution < -0.4 is 16.0 Å². The highest BCUT2D eigenvalue weighted by molar-refractivity contribution is 5.85. The zero-order valence-corrected chi connectivity index (χ0v) is 14.2. The third-order valence-corrected chi connectivity index (χ3v) is 2.71. The summed E-state index contributed by atoms with van der Waals surface area (Å²) in [7, 11) is 0. The van der Waals surface area contributed by atoms with Gasteiger partial charge in [0, 0.05) is 31.0 Å². The van der Waals surface area contributed by atoms with Crippen LogP contribution in [0.4, 0.5) is 0 Å². The number of carbonyl (C=O) groups is 2. The fourth-order valence-electron chi connectivity index (χ4n) is 1.49. The maximum Gasteiger partial charge on any atom is 0.225 e. The van der Waals surface area contributed by atoms with Crippen LogP contribution in [-0.4, -0.2) is 37.5 Å². The van der Waals surface area contributed by atoms with Gasteiger partial charge in [-0.3, -0.25) is 9.59 Å². The molecule has 0 aromatic heterocycles. The minimum absolute atomic E-state index is 0. The monoisotopic (exact) mass is 307 g/mol. The summed E-state index contributed by atoms with van der Waals surface area (Å²) in [5.41, 5.74) is -0.372. The topological polar surface area (TPSA) is 70.2 Å². The minimum Gasteiger partial charge on any atom is -0.356 e. The SMILES string of the molecule is CCN[C@H](C)CNC(=O)CCCNC(=O)C(C)(C)C.Cl. The second kappa shape index (κ2) is 10.9. The van der Waals surface area contributed by atoms with Crippen LogP contribution in [0.15, 0.2) is 0 Å². The molecule has 0 aromatic rings. The van der Waals surface area contributed by atoms with E-state index in [9.17, 15) is 9.59 Å². The summed E-state index contributed by atoms with van der Waals surface area (Å²) in [6.07, 6.45) is 1.12. The van der Waals surface area contributed by atoms with Crippen molar-refractivity contribution < 1.29 is 9.59 Å². The Bertz CT molecular complexity index is 291. The first kappa shape index (κ1) is 21.5. The van der Waals surface area contributed by atoms with Gasteiger partial charge < -0.3 is 16.0 Å². The van der Waals surface area contributed by atoms with Crippen molar-refractivity contribution in [2.75, 3.05) is 19.6 Å². The van der Waals surface area contributed by atoms with Gasteiger partial charge in [0.05, 0.1) is 0 Å². The van der Waals surface area contributed by atoms with E-state index in [0.29, 0.717) is 25.9 Å². The first-order chi connectivity index (χ1) is 8.77. The molecule has 0 unspecified atom stereocenters. The lowest BCUT2D eigenvalue weighted by atomic mass is 9.96. The fraction of sp³-hybridized carbons (Fsp3) is 0.857. The van der Waals surface area contributed by atoms with Crippen LogP contribution in [0.25, 0.3) is 0 Å². The Morgan fingerprint density at radius 1 is 1.15 bits per heavy atom. The van der Waals surface area contributed by atoms with Gasteiger partial charge in [-0.05, 0) is 19.9 Å². The van der Waals surface area contributed by atoms with Gasteiger partial charge in [0.15, 0.2) is 0 Å². The van der Waals surface area contributed by atoms with Crippen LogP contribution in [0.5, 0.6) is 0 Å². The molecular weight excluding hydrogens is 278 g/mol. The van der Waals surface area contributed by atoms with E-state index in [1.54, 1.807) is 0 Å². The molecular formula is C14H30ClN3O2. The minimum atomic E-state index is -0.372. The van der Waals surface area contributed by atoms with E-state index in [1.807, 2.05) is 34.6 Å². The summed E-state index contributed by atoms with van der Waals surface area (Å²) in [6, 6.07) is 0.287. The molecule has 0 saturated carbocycles. The molecule has 6 heteroatoms. The van der Waals surface area contributed by atoms with Gasteiger partial charge >= 0.3 is 0 Å². The van der Waals surface area contributed by atoms with Gasteiger partial charge in [-0.2, -0.15) is 0 Å². The highest BCUT2D eigenvalue weighted by atomic mass is 35.5. The molecule has 0 spiro atoms. The number of carbonyl (C=O) groups excluding carboxylic acids is 2. The Morgan fingerprint density at radius 3 is 2.25 bits per heavy atom. The van der Waals surface area contributed by atoms with Crippen LogP contribution in [-0.2, 0) is 9.59 Å². The molecule has 0 aliphatic carbocycles. The lowest BCUT2D eigenvalue weighted by molar-refractivity contribution is -0.128. The van der Waals surface area contributed by atoms with E-state index in [0.717, 1.165) is 6.54 Å². The van der Waals surface area contributed by atoms with Crippen LogP contribution >= 0.6 is 12.4 Å². The summed E-state index contributed by atoms with van der Waals surface area (Å²) in [6.45, 7) is 11.8. The molecule has 0 fully saturated rings. The van der Waals surface area contributed by atoms with Crippen molar-refractivity contribution in [2.24, 2.45) is 5.41 Å². The summed E-state index contributed by atoms with van der Waals surface area (Å²) >= 11 is 0. The standard InChI is InChI=1S/C14H29N3O2.ClH/c1-6-15-11(2)10-17-12(18)8-7-9-16-13(19)14(3,4)5;/h11,15H,6-10H2,1-5H3,(H,16,19)(H,17,18);1H/t11-;/m1./s1. The van der Waals surface area contributed by atoms with Crippen molar-refractivity contribution in [1.82, 2.24) is 16.0 Å². The normalized spacial score (nSPS) is 12.2. The zero-order valence-electron chi connectivity index (χ0n) is 13.3. The van der Waals surface area contributed by atoms with Gasteiger partial charge in [0.25, 0.3) is 0 Å². The molecule has 20 heavy (non-hydrogen) atoms. The van der Waals surface area contributed by atoms with E-state index in [4.69, 9.17) is 0 Å². The van der Waals surface area contributed by atoms with Gasteiger partial charge in [-0.15, -0.1) is 12.4 Å².